The Balaban J connectivity index is 4.26. The zero-order valence-electron chi connectivity index (χ0n) is 53.9. The van der Waals surface area contributed by atoms with E-state index in [1.54, 1.807) is 6.08 Å². The summed E-state index contributed by atoms with van der Waals surface area (Å²) in [5, 5.41) is 0. The van der Waals surface area contributed by atoms with Crippen LogP contribution in [0.3, 0.4) is 0 Å². The van der Waals surface area contributed by atoms with Gasteiger partial charge in [0, 0.05) is 12.8 Å². The standard InChI is InChI=1S/C77H126O6/c1-4-7-10-13-16-19-22-25-28-29-30-31-32-33-34-35-36-37-38-39-40-41-42-43-44-45-46-47-50-52-55-58-61-64-67-70-76(79)82-73-74(83-77(80)71-68-65-62-59-56-53-49-27-24-21-18-15-12-9-6-3)72-81-75(78)69-66-63-60-57-54-51-48-26-23-20-17-14-11-8-5-2/h7,9-10,12,16,18-19,21,25,27-28,30-31,33-34,36-37,39-40,49,56,59,65,68,74H,4-6,8,11,13-15,17,20,22-24,26,29,32,35,38,41-48,50-55,57-58,60-64,66-67,69-73H2,1-3H3/b10-7-,12-9-,19-16-,21-18-,28-25-,31-30-,34-33-,37-36-,40-39-,49-27-,59-56-,68-65-. The van der Waals surface area contributed by atoms with Gasteiger partial charge in [0.1, 0.15) is 13.2 Å². The molecule has 0 N–H and O–H groups in total. The molecular weight excluding hydrogens is 1020 g/mol. The average molecular weight is 1150 g/mol. The second-order valence-corrected chi connectivity index (χ2v) is 22.3. The number of carbonyl (C=O) groups excluding carboxylic acids is 3. The number of carbonyl (C=O) groups is 3. The fraction of sp³-hybridized carbons (Fsp3) is 0.649. The molecule has 0 aromatic heterocycles. The molecule has 1 atom stereocenters. The molecule has 0 aliphatic rings. The van der Waals surface area contributed by atoms with Crippen molar-refractivity contribution in [2.75, 3.05) is 13.2 Å². The molecule has 0 saturated carbocycles. The predicted octanol–water partition coefficient (Wildman–Crippen LogP) is 23.9. The summed E-state index contributed by atoms with van der Waals surface area (Å²) in [6.07, 6.45) is 100. The fourth-order valence-corrected chi connectivity index (χ4v) is 9.32. The minimum absolute atomic E-state index is 0.0946. The number of hydrogen-bond donors (Lipinski definition) is 0. The first-order valence-corrected chi connectivity index (χ1v) is 34.3. The SMILES string of the molecule is CC/C=C\C/C=C\C/C=C\C/C=C\C/C=C\C/C=C\C/C=C\CCCCCCCCCCCCCCCC(=O)OCC(COC(=O)CCCCCCCCCCCCCCCCC)OC(=O)C/C=C\C/C=C\C/C=C\C/C=C\C/C=C\CC. The van der Waals surface area contributed by atoms with E-state index in [0.717, 1.165) is 116 Å². The maximum atomic E-state index is 12.8. The fourth-order valence-electron chi connectivity index (χ4n) is 9.32. The van der Waals surface area contributed by atoms with E-state index in [9.17, 15) is 14.4 Å². The number of esters is 3. The van der Waals surface area contributed by atoms with Crippen LogP contribution in [0.4, 0.5) is 0 Å². The third-order valence-electron chi connectivity index (χ3n) is 14.4. The van der Waals surface area contributed by atoms with Crippen LogP contribution in [-0.2, 0) is 28.6 Å². The van der Waals surface area contributed by atoms with Gasteiger partial charge in [-0.05, 0) is 103 Å². The number of hydrogen-bond acceptors (Lipinski definition) is 6. The van der Waals surface area contributed by atoms with Crippen LogP contribution >= 0.6 is 0 Å². The molecule has 0 radical (unpaired) electrons. The molecule has 6 nitrogen and oxygen atoms in total. The van der Waals surface area contributed by atoms with Gasteiger partial charge in [0.05, 0.1) is 6.42 Å². The molecule has 1 unspecified atom stereocenters. The van der Waals surface area contributed by atoms with E-state index in [-0.39, 0.29) is 31.6 Å². The van der Waals surface area contributed by atoms with Crippen molar-refractivity contribution in [2.45, 2.75) is 309 Å². The predicted molar refractivity (Wildman–Crippen MR) is 362 cm³/mol. The van der Waals surface area contributed by atoms with Crippen LogP contribution in [-0.4, -0.2) is 37.2 Å². The normalized spacial score (nSPS) is 13.0. The Morgan fingerprint density at radius 2 is 0.506 bits per heavy atom. The third-order valence-corrected chi connectivity index (χ3v) is 14.4. The van der Waals surface area contributed by atoms with Crippen LogP contribution in [0.15, 0.2) is 146 Å². The van der Waals surface area contributed by atoms with Gasteiger partial charge < -0.3 is 14.2 Å². The molecule has 0 heterocycles. The molecule has 0 bridgehead atoms. The van der Waals surface area contributed by atoms with Crippen LogP contribution in [0.5, 0.6) is 0 Å². The lowest BCUT2D eigenvalue weighted by molar-refractivity contribution is -0.166. The second kappa shape index (κ2) is 69.8. The first-order valence-electron chi connectivity index (χ1n) is 34.3. The van der Waals surface area contributed by atoms with Crippen molar-refractivity contribution in [2.24, 2.45) is 0 Å². The molecule has 470 valence electrons. The summed E-state index contributed by atoms with van der Waals surface area (Å²) in [6, 6.07) is 0. The number of ether oxygens (including phenoxy) is 3. The Bertz CT molecular complexity index is 1800. The first kappa shape index (κ1) is 78.3. The van der Waals surface area contributed by atoms with Crippen molar-refractivity contribution in [1.82, 2.24) is 0 Å². The molecule has 6 heteroatoms. The monoisotopic (exact) mass is 1150 g/mol. The van der Waals surface area contributed by atoms with Crippen LogP contribution < -0.4 is 0 Å². The summed E-state index contributed by atoms with van der Waals surface area (Å²) in [5.74, 6) is -1.04. The highest BCUT2D eigenvalue weighted by molar-refractivity contribution is 5.72. The number of allylic oxidation sites excluding steroid dienone is 23. The smallest absolute Gasteiger partial charge is 0.310 e. The number of unbranched alkanes of at least 4 members (excludes halogenated alkanes) is 27. The Morgan fingerprint density at radius 1 is 0.265 bits per heavy atom. The second-order valence-electron chi connectivity index (χ2n) is 22.3. The van der Waals surface area contributed by atoms with Crippen molar-refractivity contribution in [3.05, 3.63) is 146 Å². The Kier molecular flexibility index (Phi) is 65.8. The van der Waals surface area contributed by atoms with E-state index < -0.39 is 12.1 Å². The van der Waals surface area contributed by atoms with Gasteiger partial charge in [0.2, 0.25) is 0 Å². The third kappa shape index (κ3) is 68.0. The lowest BCUT2D eigenvalue weighted by Gasteiger charge is -2.18. The Labute approximate surface area is 512 Å². The summed E-state index contributed by atoms with van der Waals surface area (Å²) >= 11 is 0. The van der Waals surface area contributed by atoms with Crippen molar-refractivity contribution < 1.29 is 28.6 Å². The van der Waals surface area contributed by atoms with Crippen LogP contribution in [0, 0.1) is 0 Å². The molecule has 0 saturated heterocycles. The summed E-state index contributed by atoms with van der Waals surface area (Å²) < 4.78 is 16.8. The van der Waals surface area contributed by atoms with E-state index in [0.29, 0.717) is 12.8 Å². The van der Waals surface area contributed by atoms with Gasteiger partial charge in [-0.3, -0.25) is 14.4 Å². The molecular formula is C77H126O6. The van der Waals surface area contributed by atoms with Crippen molar-refractivity contribution in [3.63, 3.8) is 0 Å². The quantitative estimate of drug-likeness (QED) is 0.0261. The molecule has 0 aliphatic carbocycles. The van der Waals surface area contributed by atoms with Crippen LogP contribution in [0.2, 0.25) is 0 Å². The average Bonchev–Trinajstić information content (AvgIpc) is 3.49. The lowest BCUT2D eigenvalue weighted by atomic mass is 10.0. The van der Waals surface area contributed by atoms with Crippen molar-refractivity contribution in [3.8, 4) is 0 Å². The summed E-state index contributed by atoms with van der Waals surface area (Å²) in [7, 11) is 0. The van der Waals surface area contributed by atoms with Gasteiger partial charge in [-0.2, -0.15) is 0 Å². The van der Waals surface area contributed by atoms with E-state index in [2.05, 4.69) is 154 Å². The van der Waals surface area contributed by atoms with Crippen LogP contribution in [0.25, 0.3) is 0 Å². The minimum Gasteiger partial charge on any atom is -0.462 e. The Morgan fingerprint density at radius 3 is 0.795 bits per heavy atom. The first-order chi connectivity index (χ1) is 41.0. The molecule has 0 rings (SSSR count). The van der Waals surface area contributed by atoms with Gasteiger partial charge in [0.25, 0.3) is 0 Å². The summed E-state index contributed by atoms with van der Waals surface area (Å²) in [4.78, 5) is 38.3. The van der Waals surface area contributed by atoms with Gasteiger partial charge in [-0.1, -0.05) is 327 Å². The van der Waals surface area contributed by atoms with Gasteiger partial charge >= 0.3 is 17.9 Å². The number of rotatable bonds is 61. The topological polar surface area (TPSA) is 78.9 Å². The van der Waals surface area contributed by atoms with E-state index in [1.807, 2.05) is 6.08 Å². The zero-order chi connectivity index (χ0) is 59.9. The Hall–Kier alpha value is -4.71. The summed E-state index contributed by atoms with van der Waals surface area (Å²) in [6.45, 7) is 6.35. The molecule has 0 spiro atoms. The highest BCUT2D eigenvalue weighted by Crippen LogP contribution is 2.16. The van der Waals surface area contributed by atoms with Crippen molar-refractivity contribution in [1.29, 1.82) is 0 Å². The van der Waals surface area contributed by atoms with E-state index in [1.165, 1.54) is 148 Å². The largest absolute Gasteiger partial charge is 0.462 e. The van der Waals surface area contributed by atoms with Gasteiger partial charge in [-0.15, -0.1) is 0 Å². The maximum Gasteiger partial charge on any atom is 0.310 e. The molecule has 0 aromatic rings. The molecule has 0 aromatic carbocycles. The minimum atomic E-state index is -0.836. The highest BCUT2D eigenvalue weighted by Gasteiger charge is 2.19. The van der Waals surface area contributed by atoms with E-state index >= 15 is 0 Å². The van der Waals surface area contributed by atoms with Gasteiger partial charge in [-0.25, -0.2) is 0 Å². The molecule has 0 aliphatic heterocycles. The lowest BCUT2D eigenvalue weighted by Crippen LogP contribution is -2.30. The molecule has 0 amide bonds. The maximum absolute atomic E-state index is 12.8. The van der Waals surface area contributed by atoms with E-state index in [4.69, 9.17) is 14.2 Å². The summed E-state index contributed by atoms with van der Waals surface area (Å²) in [5.41, 5.74) is 0. The van der Waals surface area contributed by atoms with Gasteiger partial charge in [0.15, 0.2) is 6.10 Å². The van der Waals surface area contributed by atoms with Crippen molar-refractivity contribution >= 4 is 17.9 Å². The molecule has 83 heavy (non-hydrogen) atoms. The highest BCUT2D eigenvalue weighted by atomic mass is 16.6. The van der Waals surface area contributed by atoms with Crippen LogP contribution in [0.1, 0.15) is 303 Å². The molecule has 0 fully saturated rings. The zero-order valence-corrected chi connectivity index (χ0v) is 53.9.